The molecule has 1 fully saturated rings. The minimum absolute atomic E-state index is 0.00743. The van der Waals surface area contributed by atoms with Gasteiger partial charge in [0.25, 0.3) is 0 Å². The van der Waals surface area contributed by atoms with Crippen LogP contribution in [0.3, 0.4) is 0 Å². The van der Waals surface area contributed by atoms with Crippen LogP contribution in [0.1, 0.15) is 55.8 Å². The van der Waals surface area contributed by atoms with E-state index in [1.807, 2.05) is 6.07 Å². The standard InChI is InChI=1S/C22H33N5O/c1-2-3-6-19(16-28)24-21-14-20(25-22(23)26-21)13-17-7-9-18(10-8-17)15-27-11-4-5-12-27/h7-10,14,19,28H,2-6,11-13,15-16H2,1H3,(H3,23,24,25,26)/t19-/m0/s1. The number of nitrogens with one attached hydrogen (secondary N) is 1. The van der Waals surface area contributed by atoms with Gasteiger partial charge in [-0.05, 0) is 43.5 Å². The van der Waals surface area contributed by atoms with Crippen LogP contribution in [0.4, 0.5) is 11.8 Å². The molecule has 1 saturated heterocycles. The molecule has 0 amide bonds. The van der Waals surface area contributed by atoms with Gasteiger partial charge >= 0.3 is 0 Å². The molecule has 28 heavy (non-hydrogen) atoms. The molecule has 1 aromatic heterocycles. The van der Waals surface area contributed by atoms with Crippen LogP contribution in [-0.2, 0) is 13.0 Å². The van der Waals surface area contributed by atoms with Gasteiger partial charge in [-0.25, -0.2) is 4.98 Å². The fourth-order valence-corrected chi connectivity index (χ4v) is 3.72. The molecule has 2 aromatic rings. The Balaban J connectivity index is 1.62. The molecule has 0 saturated carbocycles. The normalized spacial score (nSPS) is 15.6. The third-order valence-electron chi connectivity index (χ3n) is 5.29. The Morgan fingerprint density at radius 1 is 1.14 bits per heavy atom. The quantitative estimate of drug-likeness (QED) is 0.584. The van der Waals surface area contributed by atoms with Crippen molar-refractivity contribution in [3.8, 4) is 0 Å². The first-order chi connectivity index (χ1) is 13.7. The summed E-state index contributed by atoms with van der Waals surface area (Å²) in [4.78, 5) is 11.2. The second-order valence-electron chi connectivity index (χ2n) is 7.75. The van der Waals surface area contributed by atoms with Crippen LogP contribution in [0.25, 0.3) is 0 Å². The SMILES string of the molecule is CCCC[C@@H](CO)Nc1cc(Cc2ccc(CN3CCCC3)cc2)nc(N)n1. The van der Waals surface area contributed by atoms with Gasteiger partial charge in [0, 0.05) is 19.0 Å². The summed E-state index contributed by atoms with van der Waals surface area (Å²) in [5.74, 6) is 0.946. The third-order valence-corrected chi connectivity index (χ3v) is 5.29. The highest BCUT2D eigenvalue weighted by Gasteiger charge is 2.12. The maximum absolute atomic E-state index is 9.58. The average Bonchev–Trinajstić information content (AvgIpc) is 3.19. The number of rotatable bonds is 10. The summed E-state index contributed by atoms with van der Waals surface area (Å²) in [7, 11) is 0. The monoisotopic (exact) mass is 383 g/mol. The summed E-state index contributed by atoms with van der Waals surface area (Å²) in [6.07, 6.45) is 6.42. The molecule has 3 rings (SSSR count). The molecular weight excluding hydrogens is 350 g/mol. The minimum atomic E-state index is -0.00743. The summed E-state index contributed by atoms with van der Waals surface area (Å²) in [5, 5.41) is 12.9. The Bertz CT molecular complexity index is 728. The molecule has 2 heterocycles. The molecule has 0 spiro atoms. The lowest BCUT2D eigenvalue weighted by molar-refractivity contribution is 0.267. The molecule has 1 atom stereocenters. The van der Waals surface area contributed by atoms with Gasteiger partial charge in [0.15, 0.2) is 0 Å². The van der Waals surface area contributed by atoms with Gasteiger partial charge in [0.2, 0.25) is 5.95 Å². The lowest BCUT2D eigenvalue weighted by Gasteiger charge is -2.17. The van der Waals surface area contributed by atoms with Crippen LogP contribution >= 0.6 is 0 Å². The van der Waals surface area contributed by atoms with E-state index >= 15 is 0 Å². The summed E-state index contributed by atoms with van der Waals surface area (Å²) in [6, 6.07) is 10.7. The number of likely N-dealkylation sites (tertiary alicyclic amines) is 1. The Morgan fingerprint density at radius 2 is 1.86 bits per heavy atom. The van der Waals surface area contributed by atoms with Gasteiger partial charge < -0.3 is 16.2 Å². The number of nitrogens with two attached hydrogens (primary N) is 1. The highest BCUT2D eigenvalue weighted by atomic mass is 16.3. The predicted octanol–water partition coefficient (Wildman–Crippen LogP) is 3.21. The van der Waals surface area contributed by atoms with E-state index in [1.165, 1.54) is 37.1 Å². The van der Waals surface area contributed by atoms with Gasteiger partial charge in [-0.2, -0.15) is 4.98 Å². The van der Waals surface area contributed by atoms with Gasteiger partial charge in [0.1, 0.15) is 5.82 Å². The fraction of sp³-hybridized carbons (Fsp3) is 0.545. The van der Waals surface area contributed by atoms with Gasteiger partial charge in [-0.1, -0.05) is 44.0 Å². The first-order valence-corrected chi connectivity index (χ1v) is 10.5. The van der Waals surface area contributed by atoms with Crippen molar-refractivity contribution in [2.24, 2.45) is 0 Å². The molecule has 4 N–H and O–H groups in total. The molecule has 1 aliphatic heterocycles. The van der Waals surface area contributed by atoms with Crippen LogP contribution in [0, 0.1) is 0 Å². The maximum atomic E-state index is 9.58. The Hall–Kier alpha value is -2.18. The third kappa shape index (κ3) is 6.17. The number of unbranched alkanes of at least 4 members (excludes halogenated alkanes) is 1. The summed E-state index contributed by atoms with van der Waals surface area (Å²) >= 11 is 0. The van der Waals surface area contributed by atoms with Crippen LogP contribution in [0.2, 0.25) is 0 Å². The van der Waals surface area contributed by atoms with Crippen LogP contribution in [0.15, 0.2) is 30.3 Å². The van der Waals surface area contributed by atoms with Crippen LogP contribution in [0.5, 0.6) is 0 Å². The number of aliphatic hydroxyl groups is 1. The zero-order valence-electron chi connectivity index (χ0n) is 16.9. The minimum Gasteiger partial charge on any atom is -0.394 e. The molecule has 6 nitrogen and oxygen atoms in total. The zero-order valence-corrected chi connectivity index (χ0v) is 16.9. The van der Waals surface area contributed by atoms with Gasteiger partial charge in [-0.15, -0.1) is 0 Å². The molecule has 1 aliphatic rings. The lowest BCUT2D eigenvalue weighted by atomic mass is 10.1. The van der Waals surface area contributed by atoms with E-state index in [2.05, 4.69) is 51.4 Å². The number of hydrogen-bond acceptors (Lipinski definition) is 6. The fourth-order valence-electron chi connectivity index (χ4n) is 3.72. The van der Waals surface area contributed by atoms with E-state index in [0.717, 1.165) is 31.5 Å². The van der Waals surface area contributed by atoms with E-state index in [0.29, 0.717) is 12.2 Å². The molecule has 1 aromatic carbocycles. The number of aromatic nitrogens is 2. The van der Waals surface area contributed by atoms with Crippen molar-refractivity contribution >= 4 is 11.8 Å². The van der Waals surface area contributed by atoms with Crippen molar-refractivity contribution in [1.82, 2.24) is 14.9 Å². The zero-order chi connectivity index (χ0) is 19.8. The Kier molecular flexibility index (Phi) is 7.62. The van der Waals surface area contributed by atoms with E-state index < -0.39 is 0 Å². The van der Waals surface area contributed by atoms with Gasteiger partial charge in [-0.3, -0.25) is 4.90 Å². The van der Waals surface area contributed by atoms with Crippen molar-refractivity contribution in [3.05, 3.63) is 47.2 Å². The van der Waals surface area contributed by atoms with E-state index in [4.69, 9.17) is 5.73 Å². The number of nitrogens with zero attached hydrogens (tertiary/aromatic N) is 3. The van der Waals surface area contributed by atoms with Crippen molar-refractivity contribution in [1.29, 1.82) is 0 Å². The lowest BCUT2D eigenvalue weighted by Crippen LogP contribution is -2.24. The van der Waals surface area contributed by atoms with Crippen LogP contribution < -0.4 is 11.1 Å². The highest BCUT2D eigenvalue weighted by Crippen LogP contribution is 2.17. The number of anilines is 2. The first kappa shape index (κ1) is 20.6. The maximum Gasteiger partial charge on any atom is 0.222 e. The van der Waals surface area contributed by atoms with Gasteiger partial charge in [0.05, 0.1) is 18.3 Å². The number of benzene rings is 1. The van der Waals surface area contributed by atoms with Crippen molar-refractivity contribution in [2.75, 3.05) is 30.7 Å². The Labute approximate surface area is 168 Å². The van der Waals surface area contributed by atoms with Crippen LogP contribution in [-0.4, -0.2) is 45.7 Å². The molecule has 0 unspecified atom stereocenters. The highest BCUT2D eigenvalue weighted by molar-refractivity contribution is 5.42. The smallest absolute Gasteiger partial charge is 0.222 e. The molecule has 152 valence electrons. The van der Waals surface area contributed by atoms with Crippen molar-refractivity contribution in [3.63, 3.8) is 0 Å². The summed E-state index contributed by atoms with van der Waals surface area (Å²) in [6.45, 7) is 5.69. The summed E-state index contributed by atoms with van der Waals surface area (Å²) < 4.78 is 0. The molecule has 0 radical (unpaired) electrons. The molecular formula is C22H33N5O. The number of nitrogen functional groups attached to an aromatic ring is 1. The second-order valence-corrected chi connectivity index (χ2v) is 7.75. The number of aliphatic hydroxyl groups excluding tert-OH is 1. The van der Waals surface area contributed by atoms with Crippen molar-refractivity contribution < 1.29 is 5.11 Å². The van der Waals surface area contributed by atoms with E-state index in [9.17, 15) is 5.11 Å². The van der Waals surface area contributed by atoms with Crippen molar-refractivity contribution in [2.45, 2.75) is 58.0 Å². The predicted molar refractivity (Wildman–Crippen MR) is 114 cm³/mol. The molecule has 0 bridgehead atoms. The Morgan fingerprint density at radius 3 is 2.54 bits per heavy atom. The second kappa shape index (κ2) is 10.4. The molecule has 0 aliphatic carbocycles. The number of hydrogen-bond donors (Lipinski definition) is 3. The largest absolute Gasteiger partial charge is 0.394 e. The van der Waals surface area contributed by atoms with E-state index in [-0.39, 0.29) is 18.6 Å². The molecule has 6 heteroatoms. The summed E-state index contributed by atoms with van der Waals surface area (Å²) in [5.41, 5.74) is 9.36. The first-order valence-electron chi connectivity index (χ1n) is 10.5. The topological polar surface area (TPSA) is 87.3 Å². The van der Waals surface area contributed by atoms with E-state index in [1.54, 1.807) is 0 Å². The average molecular weight is 384 g/mol.